The summed E-state index contributed by atoms with van der Waals surface area (Å²) in [5.74, 6) is -0.0980. The van der Waals surface area contributed by atoms with Crippen molar-refractivity contribution in [2.24, 2.45) is 0 Å². The normalized spacial score (nSPS) is 10.6. The highest BCUT2D eigenvalue weighted by Gasteiger charge is 2.20. The molecular formula is C12H17ClN2O4. The van der Waals surface area contributed by atoms with Crippen molar-refractivity contribution < 1.29 is 18.7 Å². The lowest BCUT2D eigenvalue weighted by Crippen LogP contribution is -2.36. The Morgan fingerprint density at radius 1 is 1.53 bits per heavy atom. The maximum Gasteiger partial charge on any atom is 0.360 e. The Bertz CT molecular complexity index is 445. The molecule has 0 saturated heterocycles. The second kappa shape index (κ2) is 7.13. The highest BCUT2D eigenvalue weighted by molar-refractivity contribution is 6.18. The van der Waals surface area contributed by atoms with E-state index in [0.29, 0.717) is 0 Å². The Hall–Kier alpha value is -1.56. The van der Waals surface area contributed by atoms with E-state index >= 15 is 0 Å². The third kappa shape index (κ3) is 4.24. The number of rotatable bonds is 6. The first-order chi connectivity index (χ1) is 8.99. The molecule has 1 aromatic rings. The molecule has 0 fully saturated rings. The maximum atomic E-state index is 11.9. The van der Waals surface area contributed by atoms with Crippen LogP contribution in [0.25, 0.3) is 0 Å². The molecule has 1 amide bonds. The third-order valence-electron chi connectivity index (χ3n) is 2.50. The highest BCUT2D eigenvalue weighted by atomic mass is 35.5. The molecule has 0 aliphatic rings. The Labute approximate surface area is 116 Å². The van der Waals surface area contributed by atoms with Crippen molar-refractivity contribution in [2.75, 3.05) is 13.0 Å². The number of alkyl halides is 1. The van der Waals surface area contributed by atoms with Crippen LogP contribution < -0.4 is 0 Å². The summed E-state index contributed by atoms with van der Waals surface area (Å²) < 4.78 is 9.69. The van der Waals surface area contributed by atoms with Crippen LogP contribution in [-0.4, -0.2) is 40.8 Å². The Kier molecular flexibility index (Phi) is 5.82. The Balaban J connectivity index is 2.77. The minimum atomic E-state index is -0.571. The minimum Gasteiger partial charge on any atom is -0.464 e. The molecule has 0 spiro atoms. The largest absolute Gasteiger partial charge is 0.464 e. The molecule has 0 aliphatic carbocycles. The fourth-order valence-corrected chi connectivity index (χ4v) is 1.67. The summed E-state index contributed by atoms with van der Waals surface area (Å²) in [7, 11) is 1.26. The molecule has 7 heteroatoms. The summed E-state index contributed by atoms with van der Waals surface area (Å²) >= 11 is 5.56. The van der Waals surface area contributed by atoms with Gasteiger partial charge in [-0.1, -0.05) is 0 Å². The third-order valence-corrected chi connectivity index (χ3v) is 2.69. The number of methoxy groups -OCH3 is 1. The van der Waals surface area contributed by atoms with Gasteiger partial charge in [-0.2, -0.15) is 0 Å². The van der Waals surface area contributed by atoms with Crippen molar-refractivity contribution in [2.45, 2.75) is 32.9 Å². The summed E-state index contributed by atoms with van der Waals surface area (Å²) in [4.78, 5) is 28.7. The molecule has 0 N–H and O–H groups in total. The van der Waals surface area contributed by atoms with E-state index in [0.717, 1.165) is 0 Å². The number of nitrogens with zero attached hydrogens (tertiary/aromatic N) is 2. The van der Waals surface area contributed by atoms with Crippen LogP contribution in [-0.2, 0) is 16.1 Å². The molecule has 0 radical (unpaired) electrons. The lowest BCUT2D eigenvalue weighted by atomic mass is 10.3. The van der Waals surface area contributed by atoms with Gasteiger partial charge in [-0.25, -0.2) is 9.78 Å². The molecule has 0 aromatic carbocycles. The maximum absolute atomic E-state index is 11.9. The standard InChI is InChI=1S/C12H17ClN2O4/c1-8(2)15(11(16)4-5-13)6-10-14-9(7-19-10)12(17)18-3/h7-8H,4-6H2,1-3H3. The SMILES string of the molecule is COC(=O)c1coc(CN(C(=O)CCCl)C(C)C)n1. The molecule has 6 nitrogen and oxygen atoms in total. The van der Waals surface area contributed by atoms with Crippen LogP contribution in [0.2, 0.25) is 0 Å². The summed E-state index contributed by atoms with van der Waals surface area (Å²) in [6.45, 7) is 3.97. The number of oxazole rings is 1. The van der Waals surface area contributed by atoms with Gasteiger partial charge < -0.3 is 14.1 Å². The smallest absolute Gasteiger partial charge is 0.360 e. The first-order valence-electron chi connectivity index (χ1n) is 5.87. The quantitative estimate of drug-likeness (QED) is 0.590. The highest BCUT2D eigenvalue weighted by Crippen LogP contribution is 2.11. The lowest BCUT2D eigenvalue weighted by molar-refractivity contribution is -0.133. The predicted octanol–water partition coefficient (Wildman–Crippen LogP) is 1.83. The fourth-order valence-electron chi connectivity index (χ4n) is 1.51. The molecule has 1 aromatic heterocycles. The number of hydrogen-bond donors (Lipinski definition) is 0. The minimum absolute atomic E-state index is 0.0100. The van der Waals surface area contributed by atoms with E-state index in [2.05, 4.69) is 9.72 Å². The van der Waals surface area contributed by atoms with E-state index in [1.165, 1.54) is 13.4 Å². The molecule has 0 bridgehead atoms. The topological polar surface area (TPSA) is 72.6 Å². The number of aromatic nitrogens is 1. The second-order valence-corrected chi connectivity index (χ2v) is 4.55. The number of amides is 1. The van der Waals surface area contributed by atoms with Gasteiger partial charge in [0.2, 0.25) is 11.8 Å². The zero-order chi connectivity index (χ0) is 14.4. The second-order valence-electron chi connectivity index (χ2n) is 4.17. The van der Waals surface area contributed by atoms with E-state index in [-0.39, 0.29) is 42.4 Å². The fraction of sp³-hybridized carbons (Fsp3) is 0.583. The van der Waals surface area contributed by atoms with Crippen LogP contribution >= 0.6 is 11.6 Å². The summed E-state index contributed by atoms with van der Waals surface area (Å²) in [6, 6.07) is -0.0100. The molecule has 0 atom stereocenters. The summed E-state index contributed by atoms with van der Waals surface area (Å²) in [5.41, 5.74) is 0.0889. The number of carbonyl (C=O) groups excluding carboxylic acids is 2. The molecular weight excluding hydrogens is 272 g/mol. The predicted molar refractivity (Wildman–Crippen MR) is 68.9 cm³/mol. The van der Waals surface area contributed by atoms with Crippen LogP contribution in [0.5, 0.6) is 0 Å². The van der Waals surface area contributed by atoms with E-state index in [1.54, 1.807) is 4.90 Å². The van der Waals surface area contributed by atoms with Gasteiger partial charge in [0.1, 0.15) is 6.26 Å². The first kappa shape index (κ1) is 15.5. The number of ether oxygens (including phenoxy) is 1. The van der Waals surface area contributed by atoms with Crippen molar-refractivity contribution in [1.29, 1.82) is 0 Å². The monoisotopic (exact) mass is 288 g/mol. The van der Waals surface area contributed by atoms with Crippen molar-refractivity contribution in [1.82, 2.24) is 9.88 Å². The molecule has 0 aliphatic heterocycles. The average molecular weight is 289 g/mol. The van der Waals surface area contributed by atoms with Gasteiger partial charge in [0.05, 0.1) is 13.7 Å². The number of esters is 1. The summed E-state index contributed by atoms with van der Waals surface area (Å²) in [6.07, 6.45) is 1.47. The van der Waals surface area contributed by atoms with Gasteiger partial charge in [0.15, 0.2) is 5.69 Å². The van der Waals surface area contributed by atoms with Gasteiger partial charge in [-0.3, -0.25) is 4.79 Å². The molecule has 1 heterocycles. The number of hydrogen-bond acceptors (Lipinski definition) is 5. The van der Waals surface area contributed by atoms with E-state index in [9.17, 15) is 9.59 Å². The van der Waals surface area contributed by atoms with Gasteiger partial charge >= 0.3 is 5.97 Å². The van der Waals surface area contributed by atoms with Gasteiger partial charge in [-0.05, 0) is 13.8 Å². The van der Waals surface area contributed by atoms with E-state index < -0.39 is 5.97 Å². The number of halogens is 1. The van der Waals surface area contributed by atoms with E-state index in [4.69, 9.17) is 16.0 Å². The summed E-state index contributed by atoms with van der Waals surface area (Å²) in [5, 5.41) is 0. The molecule has 106 valence electrons. The zero-order valence-corrected chi connectivity index (χ0v) is 11.9. The van der Waals surface area contributed by atoms with Gasteiger partial charge in [0, 0.05) is 18.3 Å². The lowest BCUT2D eigenvalue weighted by Gasteiger charge is -2.25. The van der Waals surface area contributed by atoms with Crippen molar-refractivity contribution in [3.63, 3.8) is 0 Å². The Morgan fingerprint density at radius 2 is 2.21 bits per heavy atom. The van der Waals surface area contributed by atoms with Crippen LogP contribution in [0.3, 0.4) is 0 Å². The van der Waals surface area contributed by atoms with Crippen LogP contribution in [0.1, 0.15) is 36.6 Å². The molecule has 0 saturated carbocycles. The van der Waals surface area contributed by atoms with Crippen molar-refractivity contribution >= 4 is 23.5 Å². The van der Waals surface area contributed by atoms with Crippen LogP contribution in [0, 0.1) is 0 Å². The molecule has 1 rings (SSSR count). The van der Waals surface area contributed by atoms with Crippen LogP contribution in [0.15, 0.2) is 10.7 Å². The van der Waals surface area contributed by atoms with Crippen molar-refractivity contribution in [3.05, 3.63) is 17.8 Å². The van der Waals surface area contributed by atoms with Gasteiger partial charge in [-0.15, -0.1) is 11.6 Å². The number of carbonyl (C=O) groups is 2. The van der Waals surface area contributed by atoms with E-state index in [1.807, 2.05) is 13.8 Å². The van der Waals surface area contributed by atoms with Crippen molar-refractivity contribution in [3.8, 4) is 0 Å². The average Bonchev–Trinajstić information content (AvgIpc) is 2.83. The molecule has 0 unspecified atom stereocenters. The first-order valence-corrected chi connectivity index (χ1v) is 6.41. The molecule has 19 heavy (non-hydrogen) atoms. The Morgan fingerprint density at radius 3 is 2.74 bits per heavy atom. The van der Waals surface area contributed by atoms with Crippen LogP contribution in [0.4, 0.5) is 0 Å². The van der Waals surface area contributed by atoms with Gasteiger partial charge in [0.25, 0.3) is 0 Å². The zero-order valence-electron chi connectivity index (χ0n) is 11.2.